The summed E-state index contributed by atoms with van der Waals surface area (Å²) in [4.78, 5) is 14.9. The number of pyridine rings is 1. The van der Waals surface area contributed by atoms with E-state index in [0.29, 0.717) is 5.15 Å². The van der Waals surface area contributed by atoms with E-state index in [1.807, 2.05) is 42.5 Å². The van der Waals surface area contributed by atoms with Crippen molar-refractivity contribution in [2.75, 3.05) is 0 Å². The Hall–Kier alpha value is -2.98. The first-order chi connectivity index (χ1) is 11.6. The summed E-state index contributed by atoms with van der Waals surface area (Å²) in [6.45, 7) is 0. The van der Waals surface area contributed by atoms with Gasteiger partial charge in [0.25, 0.3) is 5.69 Å². The van der Waals surface area contributed by atoms with Gasteiger partial charge in [0.05, 0.1) is 4.92 Å². The van der Waals surface area contributed by atoms with E-state index in [2.05, 4.69) is 4.98 Å². The summed E-state index contributed by atoms with van der Waals surface area (Å²) in [5.41, 5.74) is 5.70. The smallest absolute Gasteiger partial charge is 0.258 e. The number of rotatable bonds is 2. The number of hydrogen-bond acceptors (Lipinski definition) is 3. The average Bonchev–Trinajstić information content (AvgIpc) is 2.90. The van der Waals surface area contributed by atoms with Gasteiger partial charge in [-0.2, -0.15) is 0 Å². The average molecular weight is 335 g/mol. The van der Waals surface area contributed by atoms with Crippen LogP contribution in [0.5, 0.6) is 0 Å². The molecule has 2 aromatic carbocycles. The molecule has 0 unspecified atom stereocenters. The van der Waals surface area contributed by atoms with Crippen LogP contribution in [0.4, 0.5) is 5.69 Å². The molecule has 0 bridgehead atoms. The maximum absolute atomic E-state index is 11.1. The lowest BCUT2D eigenvalue weighted by Gasteiger charge is -2.04. The summed E-state index contributed by atoms with van der Waals surface area (Å²) in [6.07, 6.45) is 3.56. The molecule has 4 rings (SSSR count). The molecule has 0 spiro atoms. The van der Waals surface area contributed by atoms with E-state index in [1.54, 1.807) is 18.3 Å². The van der Waals surface area contributed by atoms with E-state index in [0.717, 1.165) is 33.4 Å². The van der Waals surface area contributed by atoms with Crippen molar-refractivity contribution < 1.29 is 4.92 Å². The molecule has 0 radical (unpaired) electrons. The van der Waals surface area contributed by atoms with Gasteiger partial charge in [0.2, 0.25) is 0 Å². The molecule has 1 aliphatic carbocycles. The Bertz CT molecular complexity index is 1010. The van der Waals surface area contributed by atoms with Crippen LogP contribution in [-0.2, 0) is 0 Å². The van der Waals surface area contributed by atoms with E-state index < -0.39 is 0 Å². The van der Waals surface area contributed by atoms with Crippen LogP contribution in [-0.4, -0.2) is 9.91 Å². The summed E-state index contributed by atoms with van der Waals surface area (Å²) < 4.78 is 0. The topological polar surface area (TPSA) is 56.0 Å². The van der Waals surface area contributed by atoms with Gasteiger partial charge in [-0.25, -0.2) is 4.98 Å². The summed E-state index contributed by atoms with van der Waals surface area (Å²) >= 11 is 6.17. The number of benzene rings is 2. The van der Waals surface area contributed by atoms with Gasteiger partial charge in [-0.05, 0) is 46.0 Å². The highest BCUT2D eigenvalue weighted by molar-refractivity contribution is 6.31. The van der Waals surface area contributed by atoms with Crippen LogP contribution in [0, 0.1) is 10.1 Å². The van der Waals surface area contributed by atoms with Crippen LogP contribution in [0.15, 0.2) is 60.8 Å². The second-order valence-corrected chi connectivity index (χ2v) is 5.83. The number of hydrogen-bond donors (Lipinski definition) is 0. The van der Waals surface area contributed by atoms with Crippen molar-refractivity contribution in [3.8, 4) is 11.1 Å². The monoisotopic (exact) mass is 334 g/mol. The van der Waals surface area contributed by atoms with Crippen molar-refractivity contribution >= 4 is 28.9 Å². The zero-order chi connectivity index (χ0) is 16.7. The normalized spacial score (nSPS) is 13.6. The molecular formula is C19H11ClN2O2. The number of aromatic nitrogens is 1. The fraction of sp³-hybridized carbons (Fsp3) is 0. The second-order valence-electron chi connectivity index (χ2n) is 5.47. The highest BCUT2D eigenvalue weighted by Crippen LogP contribution is 2.46. The molecule has 4 nitrogen and oxygen atoms in total. The first kappa shape index (κ1) is 14.6. The summed E-state index contributed by atoms with van der Waals surface area (Å²) in [7, 11) is 0. The van der Waals surface area contributed by atoms with Crippen LogP contribution in [0.3, 0.4) is 0 Å². The molecule has 24 heavy (non-hydrogen) atoms. The molecule has 0 saturated carbocycles. The van der Waals surface area contributed by atoms with Gasteiger partial charge in [-0.3, -0.25) is 10.1 Å². The standard InChI is InChI=1S/C19H11ClN2O2/c20-19-12(4-3-9-21-19)10-17-15-6-2-1-5-14(15)16-8-7-13(22(23)24)11-18(16)17/h1-11H/b17-10+. The van der Waals surface area contributed by atoms with Crippen LogP contribution >= 0.6 is 11.6 Å². The third-order valence-corrected chi connectivity index (χ3v) is 4.42. The minimum Gasteiger partial charge on any atom is -0.258 e. The Morgan fingerprint density at radius 1 is 0.958 bits per heavy atom. The molecule has 0 atom stereocenters. The van der Waals surface area contributed by atoms with Gasteiger partial charge in [-0.15, -0.1) is 0 Å². The fourth-order valence-corrected chi connectivity index (χ4v) is 3.19. The number of nitro benzene ring substituents is 1. The van der Waals surface area contributed by atoms with Crippen molar-refractivity contribution in [2.24, 2.45) is 0 Å². The Kier molecular flexibility index (Phi) is 3.40. The third-order valence-electron chi connectivity index (χ3n) is 4.10. The van der Waals surface area contributed by atoms with Crippen LogP contribution in [0.2, 0.25) is 5.15 Å². The molecule has 5 heteroatoms. The lowest BCUT2D eigenvalue weighted by Crippen LogP contribution is -1.90. The molecule has 0 aliphatic heterocycles. The highest BCUT2D eigenvalue weighted by Gasteiger charge is 2.25. The number of nitrogens with zero attached hydrogens (tertiary/aromatic N) is 2. The Morgan fingerprint density at radius 2 is 1.71 bits per heavy atom. The minimum atomic E-state index is -0.377. The Labute approximate surface area is 143 Å². The molecule has 1 aromatic heterocycles. The zero-order valence-corrected chi connectivity index (χ0v) is 13.2. The number of fused-ring (bicyclic) bond motifs is 3. The van der Waals surface area contributed by atoms with E-state index in [4.69, 9.17) is 11.6 Å². The molecule has 1 aliphatic rings. The summed E-state index contributed by atoms with van der Waals surface area (Å²) in [5.74, 6) is 0. The molecule has 0 fully saturated rings. The summed E-state index contributed by atoms with van der Waals surface area (Å²) in [6, 6.07) is 16.6. The summed E-state index contributed by atoms with van der Waals surface area (Å²) in [5, 5.41) is 11.6. The SMILES string of the molecule is O=[N+]([O-])c1ccc2c(c1)/C(=C/c1cccnc1Cl)c1ccccc1-2. The number of nitro groups is 1. The zero-order valence-electron chi connectivity index (χ0n) is 12.4. The van der Waals surface area contributed by atoms with E-state index >= 15 is 0 Å². The lowest BCUT2D eigenvalue weighted by atomic mass is 10.0. The third kappa shape index (κ3) is 2.28. The first-order valence-corrected chi connectivity index (χ1v) is 7.74. The van der Waals surface area contributed by atoms with Gasteiger partial charge < -0.3 is 0 Å². The predicted octanol–water partition coefficient (Wildman–Crippen LogP) is 5.21. The van der Waals surface area contributed by atoms with E-state index in [-0.39, 0.29) is 10.6 Å². The molecular weight excluding hydrogens is 324 g/mol. The second kappa shape index (κ2) is 5.58. The van der Waals surface area contributed by atoms with Crippen LogP contribution < -0.4 is 0 Å². The van der Waals surface area contributed by atoms with Crippen LogP contribution in [0.25, 0.3) is 22.8 Å². The van der Waals surface area contributed by atoms with Gasteiger partial charge in [0.15, 0.2) is 0 Å². The molecule has 3 aromatic rings. The molecule has 0 amide bonds. The maximum atomic E-state index is 11.1. The largest absolute Gasteiger partial charge is 0.270 e. The number of halogens is 1. The van der Waals surface area contributed by atoms with E-state index in [9.17, 15) is 10.1 Å². The van der Waals surface area contributed by atoms with E-state index in [1.165, 1.54) is 6.07 Å². The molecule has 0 N–H and O–H groups in total. The van der Waals surface area contributed by atoms with Crippen molar-refractivity contribution in [3.05, 3.63) is 92.8 Å². The highest BCUT2D eigenvalue weighted by atomic mass is 35.5. The predicted molar refractivity (Wildman–Crippen MR) is 94.8 cm³/mol. The lowest BCUT2D eigenvalue weighted by molar-refractivity contribution is -0.384. The maximum Gasteiger partial charge on any atom is 0.270 e. The Balaban J connectivity index is 1.99. The van der Waals surface area contributed by atoms with Crippen molar-refractivity contribution in [3.63, 3.8) is 0 Å². The fourth-order valence-electron chi connectivity index (χ4n) is 3.02. The van der Waals surface area contributed by atoms with Crippen molar-refractivity contribution in [1.82, 2.24) is 4.98 Å². The quantitative estimate of drug-likeness (QED) is 0.287. The Morgan fingerprint density at radius 3 is 2.46 bits per heavy atom. The van der Waals surface area contributed by atoms with Crippen LogP contribution in [0.1, 0.15) is 16.7 Å². The van der Waals surface area contributed by atoms with Crippen molar-refractivity contribution in [2.45, 2.75) is 0 Å². The van der Waals surface area contributed by atoms with Gasteiger partial charge in [0.1, 0.15) is 5.15 Å². The molecule has 0 saturated heterocycles. The van der Waals surface area contributed by atoms with Gasteiger partial charge in [0, 0.05) is 23.9 Å². The molecule has 1 heterocycles. The van der Waals surface area contributed by atoms with Gasteiger partial charge in [-0.1, -0.05) is 41.9 Å². The number of non-ortho nitro benzene ring substituents is 1. The molecule has 116 valence electrons. The minimum absolute atomic E-state index is 0.0738. The van der Waals surface area contributed by atoms with Crippen molar-refractivity contribution in [1.29, 1.82) is 0 Å². The van der Waals surface area contributed by atoms with Gasteiger partial charge >= 0.3 is 0 Å². The first-order valence-electron chi connectivity index (χ1n) is 7.36.